The van der Waals surface area contributed by atoms with Crippen LogP contribution in [0, 0.1) is 0 Å². The standard InChI is InChI=1S/C11H10N6/c1-17-11-9(15-16-17)10(12-7-13-11)14-8-5-3-2-4-6-8/h2-7H,1H3,(H,12,13,14). The number of rotatable bonds is 2. The summed E-state index contributed by atoms with van der Waals surface area (Å²) in [6.07, 6.45) is 1.50. The number of fused-ring (bicyclic) bond motifs is 1. The molecule has 1 N–H and O–H groups in total. The fourth-order valence-electron chi connectivity index (χ4n) is 1.60. The van der Waals surface area contributed by atoms with Gasteiger partial charge < -0.3 is 5.32 Å². The third-order valence-electron chi connectivity index (χ3n) is 2.42. The van der Waals surface area contributed by atoms with E-state index in [1.807, 2.05) is 30.3 Å². The molecule has 0 saturated carbocycles. The molecule has 0 unspecified atom stereocenters. The molecule has 1 aromatic carbocycles. The lowest BCUT2D eigenvalue weighted by molar-refractivity contribution is 0.729. The second kappa shape index (κ2) is 3.82. The third-order valence-corrected chi connectivity index (χ3v) is 2.42. The molecule has 84 valence electrons. The molecule has 6 nitrogen and oxygen atoms in total. The Morgan fingerprint density at radius 2 is 1.94 bits per heavy atom. The van der Waals surface area contributed by atoms with Crippen molar-refractivity contribution < 1.29 is 0 Å². The van der Waals surface area contributed by atoms with Crippen LogP contribution in [0.15, 0.2) is 36.7 Å². The topological polar surface area (TPSA) is 68.5 Å². The van der Waals surface area contributed by atoms with Crippen molar-refractivity contribution >= 4 is 22.7 Å². The minimum absolute atomic E-state index is 0.661. The van der Waals surface area contributed by atoms with Gasteiger partial charge >= 0.3 is 0 Å². The number of aryl methyl sites for hydroxylation is 1. The second-order valence-electron chi connectivity index (χ2n) is 3.60. The van der Waals surface area contributed by atoms with Crippen LogP contribution in [0.25, 0.3) is 11.2 Å². The molecule has 0 amide bonds. The van der Waals surface area contributed by atoms with Crippen molar-refractivity contribution in [1.29, 1.82) is 0 Å². The highest BCUT2D eigenvalue weighted by Gasteiger charge is 2.09. The molecule has 3 rings (SSSR count). The predicted octanol–water partition coefficient (Wildman–Crippen LogP) is 1.50. The molecule has 0 fully saturated rings. The van der Waals surface area contributed by atoms with Gasteiger partial charge in [0, 0.05) is 12.7 Å². The van der Waals surface area contributed by atoms with Gasteiger partial charge in [0.15, 0.2) is 17.0 Å². The number of nitrogens with zero attached hydrogens (tertiary/aromatic N) is 5. The molecule has 0 spiro atoms. The summed E-state index contributed by atoms with van der Waals surface area (Å²) < 4.78 is 1.62. The molecule has 3 aromatic rings. The summed E-state index contributed by atoms with van der Waals surface area (Å²) in [6.45, 7) is 0. The Morgan fingerprint density at radius 3 is 2.76 bits per heavy atom. The van der Waals surface area contributed by atoms with Crippen LogP contribution in [0.1, 0.15) is 0 Å². The Bertz CT molecular complexity index is 645. The third kappa shape index (κ3) is 1.69. The van der Waals surface area contributed by atoms with E-state index in [4.69, 9.17) is 0 Å². The van der Waals surface area contributed by atoms with Crippen LogP contribution >= 0.6 is 0 Å². The summed E-state index contributed by atoms with van der Waals surface area (Å²) in [4.78, 5) is 8.31. The zero-order valence-electron chi connectivity index (χ0n) is 9.20. The number of benzene rings is 1. The van der Waals surface area contributed by atoms with Gasteiger partial charge in [-0.15, -0.1) is 5.10 Å². The number of para-hydroxylation sites is 1. The molecule has 0 bridgehead atoms. The summed E-state index contributed by atoms with van der Waals surface area (Å²) in [7, 11) is 1.80. The van der Waals surface area contributed by atoms with E-state index in [1.54, 1.807) is 11.7 Å². The normalized spacial score (nSPS) is 10.6. The zero-order chi connectivity index (χ0) is 11.7. The number of aromatic nitrogens is 5. The zero-order valence-corrected chi connectivity index (χ0v) is 9.20. The molecular weight excluding hydrogens is 216 g/mol. The Hall–Kier alpha value is -2.50. The molecule has 0 aliphatic rings. The number of hydrogen-bond donors (Lipinski definition) is 1. The van der Waals surface area contributed by atoms with Crippen LogP contribution in [0.5, 0.6) is 0 Å². The highest BCUT2D eigenvalue weighted by molar-refractivity contribution is 5.84. The van der Waals surface area contributed by atoms with Crippen LogP contribution < -0.4 is 5.32 Å². The van der Waals surface area contributed by atoms with Crippen molar-refractivity contribution in [3.05, 3.63) is 36.7 Å². The van der Waals surface area contributed by atoms with Gasteiger partial charge in [0.1, 0.15) is 6.33 Å². The average Bonchev–Trinajstić information content (AvgIpc) is 2.74. The largest absolute Gasteiger partial charge is 0.338 e. The maximum Gasteiger partial charge on any atom is 0.183 e. The quantitative estimate of drug-likeness (QED) is 0.717. The van der Waals surface area contributed by atoms with E-state index in [9.17, 15) is 0 Å². The first-order valence-corrected chi connectivity index (χ1v) is 5.17. The maximum atomic E-state index is 4.18. The number of anilines is 2. The summed E-state index contributed by atoms with van der Waals surface area (Å²) >= 11 is 0. The predicted molar refractivity (Wildman–Crippen MR) is 63.8 cm³/mol. The Balaban J connectivity index is 2.06. The van der Waals surface area contributed by atoms with Crippen LogP contribution in [0.3, 0.4) is 0 Å². The van der Waals surface area contributed by atoms with Gasteiger partial charge in [0.25, 0.3) is 0 Å². The molecule has 0 saturated heterocycles. The van der Waals surface area contributed by atoms with Crippen LogP contribution in [-0.4, -0.2) is 25.0 Å². The van der Waals surface area contributed by atoms with Crippen LogP contribution in [0.2, 0.25) is 0 Å². The Kier molecular flexibility index (Phi) is 2.18. The van der Waals surface area contributed by atoms with E-state index in [0.717, 1.165) is 5.69 Å². The van der Waals surface area contributed by atoms with E-state index < -0.39 is 0 Å². The fourth-order valence-corrected chi connectivity index (χ4v) is 1.60. The Morgan fingerprint density at radius 1 is 1.12 bits per heavy atom. The molecule has 6 heteroatoms. The smallest absolute Gasteiger partial charge is 0.183 e. The molecule has 0 aliphatic carbocycles. The van der Waals surface area contributed by atoms with Crippen LogP contribution in [-0.2, 0) is 7.05 Å². The van der Waals surface area contributed by atoms with Gasteiger partial charge in [0.2, 0.25) is 0 Å². The molecule has 0 radical (unpaired) electrons. The summed E-state index contributed by atoms with van der Waals surface area (Å²) in [6, 6.07) is 9.80. The molecular formula is C11H10N6. The van der Waals surface area contributed by atoms with Gasteiger partial charge in [-0.2, -0.15) is 0 Å². The Labute approximate surface area is 97.3 Å². The number of nitrogens with one attached hydrogen (secondary N) is 1. The summed E-state index contributed by atoms with van der Waals surface area (Å²) in [5.74, 6) is 0.661. The average molecular weight is 226 g/mol. The van der Waals surface area contributed by atoms with Gasteiger partial charge in [-0.3, -0.25) is 0 Å². The van der Waals surface area contributed by atoms with Crippen molar-refractivity contribution in [2.75, 3.05) is 5.32 Å². The van der Waals surface area contributed by atoms with Crippen molar-refractivity contribution in [3.63, 3.8) is 0 Å². The van der Waals surface area contributed by atoms with E-state index in [2.05, 4.69) is 25.6 Å². The summed E-state index contributed by atoms with van der Waals surface area (Å²) in [5.41, 5.74) is 2.33. The highest BCUT2D eigenvalue weighted by atomic mass is 15.4. The van der Waals surface area contributed by atoms with Gasteiger partial charge in [-0.05, 0) is 12.1 Å². The van der Waals surface area contributed by atoms with E-state index in [0.29, 0.717) is 17.0 Å². The lowest BCUT2D eigenvalue weighted by Gasteiger charge is -2.04. The number of hydrogen-bond acceptors (Lipinski definition) is 5. The minimum Gasteiger partial charge on any atom is -0.338 e. The monoisotopic (exact) mass is 226 g/mol. The van der Waals surface area contributed by atoms with Crippen molar-refractivity contribution in [3.8, 4) is 0 Å². The lowest BCUT2D eigenvalue weighted by atomic mass is 10.3. The SMILES string of the molecule is Cn1nnc2c(Nc3ccccc3)ncnc21. The van der Waals surface area contributed by atoms with E-state index in [-0.39, 0.29) is 0 Å². The van der Waals surface area contributed by atoms with Crippen molar-refractivity contribution in [2.45, 2.75) is 0 Å². The van der Waals surface area contributed by atoms with Gasteiger partial charge in [0.05, 0.1) is 0 Å². The van der Waals surface area contributed by atoms with Crippen LogP contribution in [0.4, 0.5) is 11.5 Å². The van der Waals surface area contributed by atoms with E-state index in [1.165, 1.54) is 6.33 Å². The first-order chi connectivity index (χ1) is 8.34. The molecule has 0 atom stereocenters. The van der Waals surface area contributed by atoms with Gasteiger partial charge in [-0.1, -0.05) is 23.4 Å². The van der Waals surface area contributed by atoms with E-state index >= 15 is 0 Å². The second-order valence-corrected chi connectivity index (χ2v) is 3.60. The molecule has 17 heavy (non-hydrogen) atoms. The van der Waals surface area contributed by atoms with Crippen molar-refractivity contribution in [1.82, 2.24) is 25.0 Å². The van der Waals surface area contributed by atoms with Crippen molar-refractivity contribution in [2.24, 2.45) is 7.05 Å². The minimum atomic E-state index is 0.661. The molecule has 0 aliphatic heterocycles. The maximum absolute atomic E-state index is 4.18. The molecule has 2 aromatic heterocycles. The first kappa shape index (κ1) is 9.71. The summed E-state index contributed by atoms with van der Waals surface area (Å²) in [5, 5.41) is 11.2. The first-order valence-electron chi connectivity index (χ1n) is 5.17. The lowest BCUT2D eigenvalue weighted by Crippen LogP contribution is -1.96. The molecule has 2 heterocycles. The fraction of sp³-hybridized carbons (Fsp3) is 0.0909. The van der Waals surface area contributed by atoms with Gasteiger partial charge in [-0.25, -0.2) is 14.6 Å². The highest BCUT2D eigenvalue weighted by Crippen LogP contribution is 2.19.